The zero-order valence-electron chi connectivity index (χ0n) is 10.7. The second-order valence-corrected chi connectivity index (χ2v) is 11.3. The smallest absolute Gasteiger partial charge is 0.186 e. The maximum Gasteiger partial charge on any atom is 0.186 e. The largest absolute Gasteiger partial charge is 0.330 e. The summed E-state index contributed by atoms with van der Waals surface area (Å²) in [6.45, 7) is 2.94. The van der Waals surface area contributed by atoms with E-state index in [0.717, 1.165) is 12.4 Å². The number of hydrogen-bond acceptors (Lipinski definition) is 3. The van der Waals surface area contributed by atoms with Gasteiger partial charge in [0.25, 0.3) is 0 Å². The van der Waals surface area contributed by atoms with Gasteiger partial charge in [-0.3, -0.25) is 5.09 Å². The Hall–Kier alpha value is -0.380. The Labute approximate surface area is 122 Å². The van der Waals surface area contributed by atoms with Crippen molar-refractivity contribution in [3.05, 3.63) is 48.0 Å². The SMILES string of the molecule is CC(NP1(=S)OCCS1)c1cccc2ccccc12. The van der Waals surface area contributed by atoms with Gasteiger partial charge in [-0.05, 0) is 35.1 Å². The highest BCUT2D eigenvalue weighted by Crippen LogP contribution is 2.61. The molecule has 1 N–H and O–H groups in total. The number of nitrogens with one attached hydrogen (secondary N) is 1. The molecule has 0 bridgehead atoms. The van der Waals surface area contributed by atoms with Gasteiger partial charge in [0.1, 0.15) is 0 Å². The van der Waals surface area contributed by atoms with Crippen LogP contribution in [0.25, 0.3) is 10.8 Å². The molecule has 2 aromatic rings. The molecule has 19 heavy (non-hydrogen) atoms. The summed E-state index contributed by atoms with van der Waals surface area (Å²) in [7, 11) is 0. The monoisotopic (exact) mass is 309 g/mol. The van der Waals surface area contributed by atoms with Crippen molar-refractivity contribution in [2.45, 2.75) is 13.0 Å². The van der Waals surface area contributed by atoms with E-state index in [1.165, 1.54) is 16.3 Å². The fourth-order valence-electron chi connectivity index (χ4n) is 2.36. The molecule has 1 fully saturated rings. The van der Waals surface area contributed by atoms with Crippen LogP contribution in [0.4, 0.5) is 0 Å². The number of benzene rings is 2. The second kappa shape index (κ2) is 5.55. The summed E-state index contributed by atoms with van der Waals surface area (Å²) in [6, 6.07) is 15.1. The third kappa shape index (κ3) is 2.88. The Morgan fingerprint density at radius 1 is 1.26 bits per heavy atom. The van der Waals surface area contributed by atoms with Crippen LogP contribution in [0.5, 0.6) is 0 Å². The maximum atomic E-state index is 5.72. The van der Waals surface area contributed by atoms with Crippen molar-refractivity contribution in [2.24, 2.45) is 0 Å². The van der Waals surface area contributed by atoms with Gasteiger partial charge in [-0.2, -0.15) is 0 Å². The molecular formula is C14H16NOPS2. The average molecular weight is 309 g/mol. The highest BCUT2D eigenvalue weighted by Gasteiger charge is 2.26. The summed E-state index contributed by atoms with van der Waals surface area (Å²) in [4.78, 5) is 0. The molecule has 2 aromatic carbocycles. The molecule has 100 valence electrons. The fourth-order valence-corrected chi connectivity index (χ4v) is 7.51. The van der Waals surface area contributed by atoms with Gasteiger partial charge in [-0.25, -0.2) is 0 Å². The molecular weight excluding hydrogens is 293 g/mol. The fraction of sp³-hybridized carbons (Fsp3) is 0.286. The summed E-state index contributed by atoms with van der Waals surface area (Å²) in [5.41, 5.74) is -0.579. The van der Waals surface area contributed by atoms with Crippen molar-refractivity contribution >= 4 is 39.6 Å². The topological polar surface area (TPSA) is 21.3 Å². The average Bonchev–Trinajstić information content (AvgIpc) is 2.84. The summed E-state index contributed by atoms with van der Waals surface area (Å²) >= 11 is 7.37. The summed E-state index contributed by atoms with van der Waals surface area (Å²) in [5.74, 6) is 1.01. The third-order valence-electron chi connectivity index (χ3n) is 3.25. The zero-order chi connectivity index (χ0) is 13.3. The van der Waals surface area contributed by atoms with E-state index in [-0.39, 0.29) is 6.04 Å². The summed E-state index contributed by atoms with van der Waals surface area (Å²) in [6.07, 6.45) is 0. The standard InChI is InChI=1S/C14H16NOPS2/c1-11(15-17(18)16-9-10-19-17)13-8-4-6-12-5-2-3-7-14(12)13/h2-8,11H,9-10H2,1H3,(H,15,18). The van der Waals surface area contributed by atoms with Crippen molar-refractivity contribution in [2.75, 3.05) is 12.4 Å². The molecule has 1 heterocycles. The van der Waals surface area contributed by atoms with Gasteiger partial charge in [0.05, 0.1) is 6.61 Å². The molecule has 1 saturated heterocycles. The van der Waals surface area contributed by atoms with Crippen LogP contribution in [0.1, 0.15) is 18.5 Å². The third-order valence-corrected chi connectivity index (χ3v) is 8.94. The van der Waals surface area contributed by atoms with E-state index in [1.807, 2.05) is 0 Å². The Bertz CT molecular complexity index is 631. The van der Waals surface area contributed by atoms with Gasteiger partial charge < -0.3 is 4.52 Å². The van der Waals surface area contributed by atoms with Gasteiger partial charge >= 0.3 is 0 Å². The predicted octanol–water partition coefficient (Wildman–Crippen LogP) is 4.48. The van der Waals surface area contributed by atoms with E-state index in [0.29, 0.717) is 0 Å². The molecule has 0 amide bonds. The summed E-state index contributed by atoms with van der Waals surface area (Å²) < 4.78 is 5.72. The molecule has 0 aliphatic carbocycles. The Morgan fingerprint density at radius 3 is 2.84 bits per heavy atom. The summed E-state index contributed by atoms with van der Waals surface area (Å²) in [5, 5.41) is 6.09. The van der Waals surface area contributed by atoms with Crippen LogP contribution in [0.3, 0.4) is 0 Å². The molecule has 0 spiro atoms. The van der Waals surface area contributed by atoms with Gasteiger partial charge in [-0.1, -0.05) is 53.8 Å². The highest BCUT2D eigenvalue weighted by atomic mass is 32.9. The van der Waals surface area contributed by atoms with Crippen LogP contribution in [-0.2, 0) is 16.3 Å². The molecule has 1 aliphatic rings. The minimum absolute atomic E-state index is 0.211. The molecule has 0 aromatic heterocycles. The van der Waals surface area contributed by atoms with Crippen LogP contribution < -0.4 is 5.09 Å². The van der Waals surface area contributed by atoms with E-state index < -0.39 is 5.62 Å². The first-order chi connectivity index (χ1) is 9.18. The van der Waals surface area contributed by atoms with Crippen molar-refractivity contribution < 1.29 is 4.52 Å². The first-order valence-electron chi connectivity index (χ1n) is 6.32. The van der Waals surface area contributed by atoms with Crippen LogP contribution in [0.2, 0.25) is 0 Å². The number of rotatable bonds is 3. The van der Waals surface area contributed by atoms with Crippen molar-refractivity contribution in [3.63, 3.8) is 0 Å². The highest BCUT2D eigenvalue weighted by molar-refractivity contribution is 8.69. The second-order valence-electron chi connectivity index (χ2n) is 4.58. The van der Waals surface area contributed by atoms with Crippen LogP contribution in [-0.4, -0.2) is 12.4 Å². The lowest BCUT2D eigenvalue weighted by Crippen LogP contribution is -2.14. The number of hydrogen-bond donors (Lipinski definition) is 1. The zero-order valence-corrected chi connectivity index (χ0v) is 13.2. The number of fused-ring (bicyclic) bond motifs is 1. The van der Waals surface area contributed by atoms with E-state index in [2.05, 4.69) is 54.5 Å². The quantitative estimate of drug-likeness (QED) is 0.844. The van der Waals surface area contributed by atoms with Gasteiger partial charge in [0, 0.05) is 11.8 Å². The van der Waals surface area contributed by atoms with E-state index in [9.17, 15) is 0 Å². The predicted molar refractivity (Wildman–Crippen MR) is 88.2 cm³/mol. The van der Waals surface area contributed by atoms with Crippen molar-refractivity contribution in [1.82, 2.24) is 5.09 Å². The Balaban J connectivity index is 1.93. The Kier molecular flexibility index (Phi) is 3.97. The molecule has 1 aliphatic heterocycles. The van der Waals surface area contributed by atoms with Crippen LogP contribution in [0.15, 0.2) is 42.5 Å². The van der Waals surface area contributed by atoms with Crippen molar-refractivity contribution in [3.8, 4) is 0 Å². The lowest BCUT2D eigenvalue weighted by molar-refractivity contribution is 0.389. The molecule has 3 rings (SSSR count). The molecule has 2 unspecified atom stereocenters. The van der Waals surface area contributed by atoms with E-state index >= 15 is 0 Å². The Morgan fingerprint density at radius 2 is 2.05 bits per heavy atom. The van der Waals surface area contributed by atoms with Crippen molar-refractivity contribution in [1.29, 1.82) is 0 Å². The molecule has 5 heteroatoms. The lowest BCUT2D eigenvalue weighted by atomic mass is 10.0. The van der Waals surface area contributed by atoms with Crippen LogP contribution >= 0.6 is 17.0 Å². The minimum Gasteiger partial charge on any atom is -0.330 e. The molecule has 0 saturated carbocycles. The van der Waals surface area contributed by atoms with Gasteiger partial charge in [0.2, 0.25) is 0 Å². The van der Waals surface area contributed by atoms with E-state index in [1.54, 1.807) is 11.4 Å². The van der Waals surface area contributed by atoms with Crippen LogP contribution in [0, 0.1) is 0 Å². The van der Waals surface area contributed by atoms with Gasteiger partial charge in [-0.15, -0.1) is 0 Å². The first kappa shape index (κ1) is 13.6. The van der Waals surface area contributed by atoms with Gasteiger partial charge in [0.15, 0.2) is 5.62 Å². The first-order valence-corrected chi connectivity index (χ1v) is 10.6. The lowest BCUT2D eigenvalue weighted by Gasteiger charge is -2.22. The molecule has 0 radical (unpaired) electrons. The minimum atomic E-state index is -1.87. The molecule has 2 atom stereocenters. The molecule has 2 nitrogen and oxygen atoms in total. The normalized spacial score (nSPS) is 24.7. The maximum absolute atomic E-state index is 5.72. The van der Waals surface area contributed by atoms with E-state index in [4.69, 9.17) is 16.3 Å².